The first-order chi connectivity index (χ1) is 14.7. The lowest BCUT2D eigenvalue weighted by Gasteiger charge is -2.04. The van der Waals surface area contributed by atoms with Gasteiger partial charge >= 0.3 is 0 Å². The average molecular weight is 405 g/mol. The van der Waals surface area contributed by atoms with E-state index in [1.165, 1.54) is 33.4 Å². The molecule has 0 saturated heterocycles. The number of thiol groups is 1. The van der Waals surface area contributed by atoms with E-state index in [9.17, 15) is 0 Å². The van der Waals surface area contributed by atoms with E-state index < -0.39 is 0 Å². The molecule has 0 atom stereocenters. The third-order valence-corrected chi connectivity index (χ3v) is 5.28. The third-order valence-electron chi connectivity index (χ3n) is 5.00. The zero-order valence-corrected chi connectivity index (χ0v) is 17.9. The maximum absolute atomic E-state index is 4.39. The Morgan fingerprint density at radius 3 is 1.47 bits per heavy atom. The van der Waals surface area contributed by atoms with Crippen molar-refractivity contribution in [2.24, 2.45) is 0 Å². The van der Waals surface area contributed by atoms with Gasteiger partial charge in [0.05, 0.1) is 0 Å². The molecule has 0 amide bonds. The zero-order valence-electron chi connectivity index (χ0n) is 17.0. The van der Waals surface area contributed by atoms with Crippen LogP contribution in [0.25, 0.3) is 35.4 Å². The highest BCUT2D eigenvalue weighted by Gasteiger charge is 1.98. The summed E-state index contributed by atoms with van der Waals surface area (Å²) in [7, 11) is 0. The van der Waals surface area contributed by atoms with Crippen molar-refractivity contribution < 1.29 is 0 Å². The lowest BCUT2D eigenvalue weighted by atomic mass is 10.0. The SMILES string of the molecule is Cc1cccc(/C=C/c2ccc(-c3ccc(/C=C/c4cccc(S)c4)cc3)cc2)c1. The van der Waals surface area contributed by atoms with Crippen LogP contribution in [0.2, 0.25) is 0 Å². The van der Waals surface area contributed by atoms with Gasteiger partial charge in [-0.05, 0) is 52.4 Å². The summed E-state index contributed by atoms with van der Waals surface area (Å²) >= 11 is 4.39. The normalized spacial score (nSPS) is 11.4. The molecule has 4 aromatic rings. The molecule has 0 radical (unpaired) electrons. The quantitative estimate of drug-likeness (QED) is 0.251. The Morgan fingerprint density at radius 1 is 0.500 bits per heavy atom. The van der Waals surface area contributed by atoms with Crippen molar-refractivity contribution in [3.63, 3.8) is 0 Å². The number of rotatable bonds is 5. The first-order valence-corrected chi connectivity index (χ1v) is 10.5. The molecule has 0 aliphatic carbocycles. The van der Waals surface area contributed by atoms with Crippen LogP contribution in [0.4, 0.5) is 0 Å². The van der Waals surface area contributed by atoms with Gasteiger partial charge in [0, 0.05) is 4.90 Å². The molecule has 0 aromatic heterocycles. The molecule has 4 rings (SSSR count). The summed E-state index contributed by atoms with van der Waals surface area (Å²) in [4.78, 5) is 0.977. The van der Waals surface area contributed by atoms with Crippen molar-refractivity contribution in [2.45, 2.75) is 11.8 Å². The van der Waals surface area contributed by atoms with E-state index >= 15 is 0 Å². The van der Waals surface area contributed by atoms with Gasteiger partial charge in [0.1, 0.15) is 0 Å². The molecule has 146 valence electrons. The predicted octanol–water partition coefficient (Wildman–Crippen LogP) is 8.29. The van der Waals surface area contributed by atoms with Crippen LogP contribution in [-0.2, 0) is 0 Å². The van der Waals surface area contributed by atoms with E-state index in [2.05, 4.69) is 129 Å². The molecule has 4 aromatic carbocycles. The average Bonchev–Trinajstić information content (AvgIpc) is 2.77. The predicted molar refractivity (Wildman–Crippen MR) is 135 cm³/mol. The second-order valence-electron chi connectivity index (χ2n) is 7.42. The number of hydrogen-bond acceptors (Lipinski definition) is 1. The largest absolute Gasteiger partial charge is 0.143 e. The van der Waals surface area contributed by atoms with Crippen molar-refractivity contribution >= 4 is 36.9 Å². The molecule has 0 fully saturated rings. The number of hydrogen-bond donors (Lipinski definition) is 1. The minimum absolute atomic E-state index is 0.977. The standard InChI is InChI=1S/C29H24S/c1-22-4-2-5-25(20-22)10-8-23-12-16-27(17-13-23)28-18-14-24(15-19-28)9-11-26-6-3-7-29(30)21-26/h2-21,30H,1H3/b10-8+,11-9+. The van der Waals surface area contributed by atoms with Crippen LogP contribution in [0.3, 0.4) is 0 Å². The Hall–Kier alpha value is -3.29. The van der Waals surface area contributed by atoms with Crippen LogP contribution in [0.5, 0.6) is 0 Å². The first-order valence-electron chi connectivity index (χ1n) is 10.1. The van der Waals surface area contributed by atoms with Gasteiger partial charge in [0.25, 0.3) is 0 Å². The van der Waals surface area contributed by atoms with Gasteiger partial charge in [0.2, 0.25) is 0 Å². The van der Waals surface area contributed by atoms with Gasteiger partial charge in [0.15, 0.2) is 0 Å². The van der Waals surface area contributed by atoms with Crippen LogP contribution in [0.1, 0.15) is 27.8 Å². The monoisotopic (exact) mass is 404 g/mol. The fraction of sp³-hybridized carbons (Fsp3) is 0.0345. The maximum atomic E-state index is 4.39. The fourth-order valence-corrected chi connectivity index (χ4v) is 3.60. The summed E-state index contributed by atoms with van der Waals surface area (Å²) < 4.78 is 0. The van der Waals surface area contributed by atoms with Crippen LogP contribution in [0, 0.1) is 6.92 Å². The minimum atomic E-state index is 0.977. The molecule has 30 heavy (non-hydrogen) atoms. The zero-order chi connectivity index (χ0) is 20.8. The van der Waals surface area contributed by atoms with E-state index in [1.807, 2.05) is 12.1 Å². The topological polar surface area (TPSA) is 0 Å². The Bertz CT molecular complexity index is 1080. The molecule has 0 heterocycles. The van der Waals surface area contributed by atoms with Crippen molar-refractivity contribution in [1.82, 2.24) is 0 Å². The third kappa shape index (κ3) is 5.40. The first kappa shape index (κ1) is 20.0. The molecular weight excluding hydrogens is 380 g/mol. The van der Waals surface area contributed by atoms with Gasteiger partial charge in [-0.3, -0.25) is 0 Å². The van der Waals surface area contributed by atoms with Crippen LogP contribution < -0.4 is 0 Å². The molecule has 0 unspecified atom stereocenters. The van der Waals surface area contributed by atoms with Gasteiger partial charge in [-0.2, -0.15) is 0 Å². The van der Waals surface area contributed by atoms with Crippen molar-refractivity contribution in [3.8, 4) is 11.1 Å². The van der Waals surface area contributed by atoms with Crippen molar-refractivity contribution in [3.05, 3.63) is 125 Å². The lowest BCUT2D eigenvalue weighted by molar-refractivity contribution is 1.46. The number of benzene rings is 4. The van der Waals surface area contributed by atoms with Gasteiger partial charge < -0.3 is 0 Å². The summed E-state index contributed by atoms with van der Waals surface area (Å²) in [6, 6.07) is 34.0. The Labute approximate surface area is 184 Å². The Balaban J connectivity index is 1.44. The molecule has 0 nitrogen and oxygen atoms in total. The second kappa shape index (κ2) is 9.47. The van der Waals surface area contributed by atoms with Crippen molar-refractivity contribution in [1.29, 1.82) is 0 Å². The molecule has 0 aliphatic heterocycles. The molecule has 0 N–H and O–H groups in total. The van der Waals surface area contributed by atoms with Crippen LogP contribution >= 0.6 is 12.6 Å². The van der Waals surface area contributed by atoms with E-state index in [-0.39, 0.29) is 0 Å². The summed E-state index contributed by atoms with van der Waals surface area (Å²) in [5.41, 5.74) is 8.48. The summed E-state index contributed by atoms with van der Waals surface area (Å²) in [5.74, 6) is 0. The highest BCUT2D eigenvalue weighted by atomic mass is 32.1. The van der Waals surface area contributed by atoms with E-state index in [0.717, 1.165) is 10.5 Å². The Morgan fingerprint density at radius 2 is 0.967 bits per heavy atom. The van der Waals surface area contributed by atoms with E-state index in [0.29, 0.717) is 0 Å². The lowest BCUT2D eigenvalue weighted by Crippen LogP contribution is -1.80. The molecule has 0 spiro atoms. The van der Waals surface area contributed by atoms with E-state index in [1.54, 1.807) is 0 Å². The summed E-state index contributed by atoms with van der Waals surface area (Å²) in [5, 5.41) is 0. The second-order valence-corrected chi connectivity index (χ2v) is 7.94. The molecule has 1 heteroatoms. The maximum Gasteiger partial charge on any atom is 0.00459 e. The number of aryl methyl sites for hydroxylation is 1. The smallest absolute Gasteiger partial charge is 0.00459 e. The molecule has 0 saturated carbocycles. The molecular formula is C29H24S. The fourth-order valence-electron chi connectivity index (χ4n) is 3.36. The summed E-state index contributed by atoms with van der Waals surface area (Å²) in [6.45, 7) is 2.12. The highest BCUT2D eigenvalue weighted by molar-refractivity contribution is 7.80. The molecule has 0 aliphatic rings. The van der Waals surface area contributed by atoms with Gasteiger partial charge in [-0.15, -0.1) is 12.6 Å². The minimum Gasteiger partial charge on any atom is -0.143 e. The Kier molecular flexibility index (Phi) is 6.32. The van der Waals surface area contributed by atoms with Crippen LogP contribution in [-0.4, -0.2) is 0 Å². The van der Waals surface area contributed by atoms with Gasteiger partial charge in [-0.25, -0.2) is 0 Å². The molecule has 0 bridgehead atoms. The van der Waals surface area contributed by atoms with Gasteiger partial charge in [-0.1, -0.05) is 115 Å². The van der Waals surface area contributed by atoms with Crippen molar-refractivity contribution in [2.75, 3.05) is 0 Å². The van der Waals surface area contributed by atoms with E-state index in [4.69, 9.17) is 0 Å². The highest BCUT2D eigenvalue weighted by Crippen LogP contribution is 2.22. The van der Waals surface area contributed by atoms with Crippen LogP contribution in [0.15, 0.2) is 102 Å². The summed E-state index contributed by atoms with van der Waals surface area (Å²) in [6.07, 6.45) is 8.56.